The molecular weight excluding hydrogens is 335 g/mol. The Morgan fingerprint density at radius 2 is 1.78 bits per heavy atom. The third kappa shape index (κ3) is 3.23. The Morgan fingerprint density at radius 1 is 1.09 bits per heavy atom. The van der Waals surface area contributed by atoms with E-state index in [0.717, 1.165) is 22.3 Å². The van der Waals surface area contributed by atoms with Gasteiger partial charge in [-0.25, -0.2) is 4.98 Å². The van der Waals surface area contributed by atoms with Crippen LogP contribution in [0.2, 0.25) is 10.0 Å². The molecular formula is C17H16Cl2N2O2. The van der Waals surface area contributed by atoms with Crippen molar-refractivity contribution in [3.05, 3.63) is 40.4 Å². The summed E-state index contributed by atoms with van der Waals surface area (Å²) >= 11 is 12.6. The highest BCUT2D eigenvalue weighted by Gasteiger charge is 2.14. The van der Waals surface area contributed by atoms with Gasteiger partial charge in [-0.15, -0.1) is 0 Å². The largest absolute Gasteiger partial charge is 0.497 e. The van der Waals surface area contributed by atoms with Gasteiger partial charge in [-0.2, -0.15) is 0 Å². The quantitative estimate of drug-likeness (QED) is 0.691. The molecule has 1 N–H and O–H groups in total. The number of aromatic nitrogens is 2. The molecule has 0 saturated carbocycles. The van der Waals surface area contributed by atoms with Crippen LogP contribution >= 0.6 is 23.2 Å². The molecule has 1 heterocycles. The van der Waals surface area contributed by atoms with Crippen LogP contribution in [0.3, 0.4) is 0 Å². The topological polar surface area (TPSA) is 47.1 Å². The van der Waals surface area contributed by atoms with Gasteiger partial charge in [0.05, 0.1) is 34.3 Å². The highest BCUT2D eigenvalue weighted by atomic mass is 35.5. The summed E-state index contributed by atoms with van der Waals surface area (Å²) in [6.45, 7) is 3.85. The van der Waals surface area contributed by atoms with Crippen molar-refractivity contribution < 1.29 is 9.47 Å². The minimum Gasteiger partial charge on any atom is -0.497 e. The van der Waals surface area contributed by atoms with Gasteiger partial charge in [-0.3, -0.25) is 0 Å². The fraction of sp³-hybridized carbons (Fsp3) is 0.235. The lowest BCUT2D eigenvalue weighted by molar-refractivity contribution is 0.243. The number of hydrogen-bond donors (Lipinski definition) is 1. The summed E-state index contributed by atoms with van der Waals surface area (Å²) < 4.78 is 10.9. The zero-order valence-corrected chi connectivity index (χ0v) is 14.5. The SMILES string of the molecule is COc1ccc2nc(-c3cc(Cl)c(OC(C)C)c(Cl)c3)[nH]c2c1. The summed E-state index contributed by atoms with van der Waals surface area (Å²) in [5.74, 6) is 1.95. The van der Waals surface area contributed by atoms with Crippen molar-refractivity contribution >= 4 is 34.2 Å². The molecule has 0 amide bonds. The maximum Gasteiger partial charge on any atom is 0.156 e. The van der Waals surface area contributed by atoms with Gasteiger partial charge in [0, 0.05) is 11.6 Å². The number of aromatic amines is 1. The van der Waals surface area contributed by atoms with Gasteiger partial charge in [0.2, 0.25) is 0 Å². The second-order valence-electron chi connectivity index (χ2n) is 5.40. The first-order valence-electron chi connectivity index (χ1n) is 7.17. The number of benzene rings is 2. The molecule has 23 heavy (non-hydrogen) atoms. The lowest BCUT2D eigenvalue weighted by atomic mass is 10.2. The standard InChI is InChI=1S/C17H16Cl2N2O2/c1-9(2)23-16-12(18)6-10(7-13(16)19)17-20-14-5-4-11(22-3)8-15(14)21-17/h4-9H,1-3H3,(H,20,21). The van der Waals surface area contributed by atoms with E-state index >= 15 is 0 Å². The summed E-state index contributed by atoms with van der Waals surface area (Å²) in [7, 11) is 1.63. The minimum absolute atomic E-state index is 0.00508. The highest BCUT2D eigenvalue weighted by Crippen LogP contribution is 2.38. The van der Waals surface area contributed by atoms with E-state index in [0.29, 0.717) is 21.6 Å². The summed E-state index contributed by atoms with van der Waals surface area (Å²) in [6.07, 6.45) is -0.00508. The molecule has 0 aliphatic heterocycles. The van der Waals surface area contributed by atoms with Gasteiger partial charge in [-0.05, 0) is 38.1 Å². The lowest BCUT2D eigenvalue weighted by Crippen LogP contribution is -2.06. The van der Waals surface area contributed by atoms with Crippen molar-refractivity contribution in [1.29, 1.82) is 0 Å². The van der Waals surface area contributed by atoms with Crippen LogP contribution in [0.15, 0.2) is 30.3 Å². The number of rotatable bonds is 4. The maximum absolute atomic E-state index is 6.30. The first-order chi connectivity index (χ1) is 11.0. The van der Waals surface area contributed by atoms with Gasteiger partial charge in [0.15, 0.2) is 5.75 Å². The van der Waals surface area contributed by atoms with E-state index in [1.807, 2.05) is 32.0 Å². The van der Waals surface area contributed by atoms with E-state index in [2.05, 4.69) is 9.97 Å². The molecule has 0 saturated heterocycles. The van der Waals surface area contributed by atoms with E-state index in [-0.39, 0.29) is 6.10 Å². The van der Waals surface area contributed by atoms with Crippen LogP contribution in [0, 0.1) is 0 Å². The van der Waals surface area contributed by atoms with Gasteiger partial charge < -0.3 is 14.5 Å². The number of imidazole rings is 1. The molecule has 0 unspecified atom stereocenters. The van der Waals surface area contributed by atoms with Crippen LogP contribution in [0.4, 0.5) is 0 Å². The molecule has 2 aromatic carbocycles. The third-order valence-electron chi connectivity index (χ3n) is 3.31. The van der Waals surface area contributed by atoms with Gasteiger partial charge in [0.1, 0.15) is 11.6 Å². The van der Waals surface area contributed by atoms with Crippen LogP contribution in [-0.2, 0) is 0 Å². The first-order valence-corrected chi connectivity index (χ1v) is 7.93. The first kappa shape index (κ1) is 16.0. The van der Waals surface area contributed by atoms with Crippen molar-refractivity contribution in [3.8, 4) is 22.9 Å². The summed E-state index contributed by atoms with van der Waals surface area (Å²) in [4.78, 5) is 7.81. The molecule has 4 nitrogen and oxygen atoms in total. The number of methoxy groups -OCH3 is 1. The predicted octanol–water partition coefficient (Wildman–Crippen LogP) is 5.33. The molecule has 3 aromatic rings. The molecule has 0 bridgehead atoms. The molecule has 0 spiro atoms. The van der Waals surface area contributed by atoms with Crippen molar-refractivity contribution in [1.82, 2.24) is 9.97 Å². The second-order valence-corrected chi connectivity index (χ2v) is 6.22. The zero-order chi connectivity index (χ0) is 16.6. The number of fused-ring (bicyclic) bond motifs is 1. The Hall–Kier alpha value is -1.91. The van der Waals surface area contributed by atoms with Crippen molar-refractivity contribution in [3.63, 3.8) is 0 Å². The average molecular weight is 351 g/mol. The Kier molecular flexibility index (Phi) is 4.37. The number of halogens is 2. The minimum atomic E-state index is -0.00508. The normalized spacial score (nSPS) is 11.2. The molecule has 0 fully saturated rings. The second kappa shape index (κ2) is 6.30. The van der Waals surface area contributed by atoms with E-state index in [4.69, 9.17) is 32.7 Å². The van der Waals surface area contributed by atoms with Crippen LogP contribution < -0.4 is 9.47 Å². The zero-order valence-electron chi connectivity index (χ0n) is 13.0. The van der Waals surface area contributed by atoms with Crippen molar-refractivity contribution in [2.75, 3.05) is 7.11 Å². The van der Waals surface area contributed by atoms with Crippen LogP contribution in [0.1, 0.15) is 13.8 Å². The fourth-order valence-electron chi connectivity index (χ4n) is 2.30. The van der Waals surface area contributed by atoms with E-state index in [1.54, 1.807) is 19.2 Å². The van der Waals surface area contributed by atoms with Gasteiger partial charge >= 0.3 is 0 Å². The molecule has 6 heteroatoms. The van der Waals surface area contributed by atoms with E-state index < -0.39 is 0 Å². The van der Waals surface area contributed by atoms with E-state index in [1.165, 1.54) is 0 Å². The third-order valence-corrected chi connectivity index (χ3v) is 3.88. The number of H-pyrrole nitrogens is 1. The summed E-state index contributed by atoms with van der Waals surface area (Å²) in [5.41, 5.74) is 2.52. The number of hydrogen-bond acceptors (Lipinski definition) is 3. The Balaban J connectivity index is 2.04. The van der Waals surface area contributed by atoms with Crippen LogP contribution in [0.25, 0.3) is 22.4 Å². The van der Waals surface area contributed by atoms with Gasteiger partial charge in [-0.1, -0.05) is 23.2 Å². The lowest BCUT2D eigenvalue weighted by Gasteiger charge is -2.13. The molecule has 120 valence electrons. The number of ether oxygens (including phenoxy) is 2. The van der Waals surface area contributed by atoms with Gasteiger partial charge in [0.25, 0.3) is 0 Å². The molecule has 3 rings (SSSR count). The molecule has 0 aliphatic carbocycles. The molecule has 1 aromatic heterocycles. The Bertz CT molecular complexity index is 836. The number of nitrogens with zero attached hydrogens (tertiary/aromatic N) is 1. The Morgan fingerprint density at radius 3 is 2.39 bits per heavy atom. The van der Waals surface area contributed by atoms with Crippen molar-refractivity contribution in [2.24, 2.45) is 0 Å². The number of nitrogens with one attached hydrogen (secondary N) is 1. The molecule has 0 aliphatic rings. The van der Waals surface area contributed by atoms with E-state index in [9.17, 15) is 0 Å². The fourth-order valence-corrected chi connectivity index (χ4v) is 2.87. The summed E-state index contributed by atoms with van der Waals surface area (Å²) in [5, 5.41) is 0.915. The summed E-state index contributed by atoms with van der Waals surface area (Å²) in [6, 6.07) is 9.24. The maximum atomic E-state index is 6.30. The van der Waals surface area contributed by atoms with Crippen molar-refractivity contribution in [2.45, 2.75) is 20.0 Å². The monoisotopic (exact) mass is 350 g/mol. The van der Waals surface area contributed by atoms with Crippen LogP contribution in [0.5, 0.6) is 11.5 Å². The average Bonchev–Trinajstić information content (AvgIpc) is 2.93. The molecule has 0 atom stereocenters. The smallest absolute Gasteiger partial charge is 0.156 e. The molecule has 0 radical (unpaired) electrons. The van der Waals surface area contributed by atoms with Crippen LogP contribution in [-0.4, -0.2) is 23.2 Å². The Labute approximate surface area is 144 Å². The highest BCUT2D eigenvalue weighted by molar-refractivity contribution is 6.37. The predicted molar refractivity (Wildman–Crippen MR) is 93.9 cm³/mol.